The van der Waals surface area contributed by atoms with Gasteiger partial charge in [-0.15, -0.1) is 0 Å². The maximum atomic E-state index is 12.1. The molecule has 1 aromatic rings. The van der Waals surface area contributed by atoms with Crippen molar-refractivity contribution < 1.29 is 14.3 Å². The molecular formula is C15H21N3O3. The smallest absolute Gasteiger partial charge is 0.260 e. The summed E-state index contributed by atoms with van der Waals surface area (Å²) >= 11 is 0. The molecule has 2 amide bonds. The van der Waals surface area contributed by atoms with Crippen molar-refractivity contribution in [2.45, 2.75) is 32.4 Å². The minimum atomic E-state index is -0.740. The zero-order valence-corrected chi connectivity index (χ0v) is 12.3. The van der Waals surface area contributed by atoms with Gasteiger partial charge < -0.3 is 20.7 Å². The molecule has 2 atom stereocenters. The summed E-state index contributed by atoms with van der Waals surface area (Å²) in [6.07, 6.45) is 0.131. The van der Waals surface area contributed by atoms with Gasteiger partial charge in [0.25, 0.3) is 5.91 Å². The third-order valence-corrected chi connectivity index (χ3v) is 3.53. The number of hydrogen-bond acceptors (Lipinski definition) is 4. The Bertz CT molecular complexity index is 533. The lowest BCUT2D eigenvalue weighted by atomic mass is 10.1. The molecule has 1 aromatic carbocycles. The Morgan fingerprint density at radius 3 is 2.86 bits per heavy atom. The molecule has 114 valence electrons. The average molecular weight is 291 g/mol. The fourth-order valence-corrected chi connectivity index (χ4v) is 2.20. The largest absolute Gasteiger partial charge is 0.477 e. The van der Waals surface area contributed by atoms with Crippen molar-refractivity contribution in [3.63, 3.8) is 0 Å². The van der Waals surface area contributed by atoms with Gasteiger partial charge in [0.1, 0.15) is 5.75 Å². The highest BCUT2D eigenvalue weighted by molar-refractivity contribution is 5.85. The Labute approximate surface area is 124 Å². The van der Waals surface area contributed by atoms with Crippen LogP contribution in [0, 0.1) is 0 Å². The Kier molecular flexibility index (Phi) is 4.67. The minimum Gasteiger partial charge on any atom is -0.477 e. The number of primary amides is 1. The van der Waals surface area contributed by atoms with Crippen LogP contribution in [-0.2, 0) is 9.59 Å². The SMILES string of the molecule is CC[C@@H](C)NC(=O)CN1C[C@H](C(N)=O)Oc2ccccc21. The van der Waals surface area contributed by atoms with Crippen LogP contribution in [-0.4, -0.2) is 37.0 Å². The Balaban J connectivity index is 2.14. The van der Waals surface area contributed by atoms with Crippen LogP contribution in [0.3, 0.4) is 0 Å². The summed E-state index contributed by atoms with van der Waals surface area (Å²) in [6.45, 7) is 4.42. The predicted octanol–water partition coefficient (Wildman–Crippen LogP) is 0.654. The number of hydrogen-bond donors (Lipinski definition) is 2. The molecule has 0 fully saturated rings. The van der Waals surface area contributed by atoms with Crippen LogP contribution in [0.25, 0.3) is 0 Å². The first-order valence-electron chi connectivity index (χ1n) is 7.10. The van der Waals surface area contributed by atoms with Crippen molar-refractivity contribution in [2.75, 3.05) is 18.0 Å². The van der Waals surface area contributed by atoms with Crippen molar-refractivity contribution in [2.24, 2.45) is 5.73 Å². The molecule has 6 heteroatoms. The molecule has 0 bridgehead atoms. The fourth-order valence-electron chi connectivity index (χ4n) is 2.20. The van der Waals surface area contributed by atoms with Crippen molar-refractivity contribution in [1.82, 2.24) is 5.32 Å². The Morgan fingerprint density at radius 1 is 1.48 bits per heavy atom. The number of carbonyl (C=O) groups is 2. The van der Waals surface area contributed by atoms with Gasteiger partial charge in [-0.1, -0.05) is 19.1 Å². The standard InChI is InChI=1S/C15H21N3O3/c1-3-10(2)17-14(19)9-18-8-13(15(16)20)21-12-7-5-4-6-11(12)18/h4-7,10,13H,3,8-9H2,1-2H3,(H2,16,20)(H,17,19)/t10-,13-/m1/s1. The number of anilines is 1. The second-order valence-corrected chi connectivity index (χ2v) is 5.23. The minimum absolute atomic E-state index is 0.0794. The highest BCUT2D eigenvalue weighted by atomic mass is 16.5. The van der Waals surface area contributed by atoms with E-state index < -0.39 is 12.0 Å². The predicted molar refractivity (Wildman–Crippen MR) is 80.2 cm³/mol. The van der Waals surface area contributed by atoms with E-state index in [2.05, 4.69) is 5.32 Å². The van der Waals surface area contributed by atoms with Crippen LogP contribution in [0.15, 0.2) is 24.3 Å². The summed E-state index contributed by atoms with van der Waals surface area (Å²) in [5, 5.41) is 2.91. The second kappa shape index (κ2) is 6.47. The van der Waals surface area contributed by atoms with E-state index in [9.17, 15) is 9.59 Å². The third kappa shape index (κ3) is 3.65. The summed E-state index contributed by atoms with van der Waals surface area (Å²) in [6, 6.07) is 7.44. The molecule has 1 heterocycles. The average Bonchev–Trinajstić information content (AvgIpc) is 2.46. The summed E-state index contributed by atoms with van der Waals surface area (Å²) < 4.78 is 5.56. The summed E-state index contributed by atoms with van der Waals surface area (Å²) in [7, 11) is 0. The number of fused-ring (bicyclic) bond motifs is 1. The lowest BCUT2D eigenvalue weighted by Crippen LogP contribution is -2.50. The van der Waals surface area contributed by atoms with Gasteiger partial charge in [-0.2, -0.15) is 0 Å². The van der Waals surface area contributed by atoms with Gasteiger partial charge >= 0.3 is 0 Å². The van der Waals surface area contributed by atoms with E-state index in [4.69, 9.17) is 10.5 Å². The topological polar surface area (TPSA) is 84.7 Å². The molecule has 0 saturated heterocycles. The van der Waals surface area contributed by atoms with Gasteiger partial charge in [0, 0.05) is 6.04 Å². The number of nitrogens with one attached hydrogen (secondary N) is 1. The van der Waals surface area contributed by atoms with E-state index >= 15 is 0 Å². The van der Waals surface area contributed by atoms with Crippen LogP contribution in [0.1, 0.15) is 20.3 Å². The first kappa shape index (κ1) is 15.2. The molecule has 3 N–H and O–H groups in total. The normalized spacial score (nSPS) is 18.4. The summed E-state index contributed by atoms with van der Waals surface area (Å²) in [4.78, 5) is 25.3. The van der Waals surface area contributed by atoms with Crippen molar-refractivity contribution >= 4 is 17.5 Å². The third-order valence-electron chi connectivity index (χ3n) is 3.53. The molecule has 0 radical (unpaired) electrons. The van der Waals surface area contributed by atoms with E-state index in [1.807, 2.05) is 36.9 Å². The molecule has 6 nitrogen and oxygen atoms in total. The first-order valence-corrected chi connectivity index (χ1v) is 7.10. The lowest BCUT2D eigenvalue weighted by molar-refractivity contribution is -0.125. The van der Waals surface area contributed by atoms with Crippen molar-refractivity contribution in [3.05, 3.63) is 24.3 Å². The van der Waals surface area contributed by atoms with Crippen LogP contribution < -0.4 is 20.7 Å². The first-order chi connectivity index (χ1) is 10.0. The van der Waals surface area contributed by atoms with E-state index in [-0.39, 0.29) is 25.0 Å². The maximum absolute atomic E-state index is 12.1. The highest BCUT2D eigenvalue weighted by Gasteiger charge is 2.30. The molecule has 2 rings (SSSR count). The number of rotatable bonds is 5. The molecule has 0 spiro atoms. The number of ether oxygens (including phenoxy) is 1. The number of para-hydroxylation sites is 2. The quantitative estimate of drug-likeness (QED) is 0.834. The Hall–Kier alpha value is -2.24. The molecule has 21 heavy (non-hydrogen) atoms. The molecule has 0 aromatic heterocycles. The Morgan fingerprint density at radius 2 is 2.19 bits per heavy atom. The molecule has 0 unspecified atom stereocenters. The van der Waals surface area contributed by atoms with Gasteiger partial charge in [-0.25, -0.2) is 0 Å². The van der Waals surface area contributed by atoms with Crippen LogP contribution in [0.4, 0.5) is 5.69 Å². The number of benzene rings is 1. The van der Waals surface area contributed by atoms with Gasteiger partial charge in [-0.05, 0) is 25.5 Å². The monoisotopic (exact) mass is 291 g/mol. The molecular weight excluding hydrogens is 270 g/mol. The van der Waals surface area contributed by atoms with Gasteiger partial charge in [0.2, 0.25) is 5.91 Å². The molecule has 0 saturated carbocycles. The lowest BCUT2D eigenvalue weighted by Gasteiger charge is -2.34. The van der Waals surface area contributed by atoms with Crippen LogP contribution >= 0.6 is 0 Å². The number of amides is 2. The summed E-state index contributed by atoms with van der Waals surface area (Å²) in [5.41, 5.74) is 6.13. The fraction of sp³-hybridized carbons (Fsp3) is 0.467. The van der Waals surface area contributed by atoms with E-state index in [1.54, 1.807) is 6.07 Å². The number of nitrogens with two attached hydrogens (primary N) is 1. The second-order valence-electron chi connectivity index (χ2n) is 5.23. The van der Waals surface area contributed by atoms with Crippen molar-refractivity contribution in [1.29, 1.82) is 0 Å². The van der Waals surface area contributed by atoms with Crippen LogP contribution in [0.2, 0.25) is 0 Å². The summed E-state index contributed by atoms with van der Waals surface area (Å²) in [5.74, 6) is -0.0370. The molecule has 1 aliphatic heterocycles. The van der Waals surface area contributed by atoms with Crippen LogP contribution in [0.5, 0.6) is 5.75 Å². The molecule has 1 aliphatic rings. The van der Waals surface area contributed by atoms with E-state index in [0.29, 0.717) is 5.75 Å². The van der Waals surface area contributed by atoms with E-state index in [1.165, 1.54) is 0 Å². The number of carbonyl (C=O) groups excluding carboxylic acids is 2. The maximum Gasteiger partial charge on any atom is 0.260 e. The zero-order valence-electron chi connectivity index (χ0n) is 12.3. The highest BCUT2D eigenvalue weighted by Crippen LogP contribution is 2.32. The van der Waals surface area contributed by atoms with Crippen molar-refractivity contribution in [3.8, 4) is 5.75 Å². The van der Waals surface area contributed by atoms with E-state index in [0.717, 1.165) is 12.1 Å². The van der Waals surface area contributed by atoms with Gasteiger partial charge in [0.05, 0.1) is 18.8 Å². The van der Waals surface area contributed by atoms with Gasteiger partial charge in [0.15, 0.2) is 6.10 Å². The van der Waals surface area contributed by atoms with Gasteiger partial charge in [-0.3, -0.25) is 9.59 Å². The zero-order chi connectivity index (χ0) is 15.4. The number of nitrogens with zero attached hydrogens (tertiary/aromatic N) is 1. The molecule has 0 aliphatic carbocycles.